The molecule has 0 radical (unpaired) electrons. The Balaban J connectivity index is 1.03. The van der Waals surface area contributed by atoms with E-state index in [2.05, 4.69) is 31.7 Å². The van der Waals surface area contributed by atoms with Gasteiger partial charge in [-0.05, 0) is 68.1 Å². The lowest BCUT2D eigenvalue weighted by atomic mass is 9.72. The van der Waals surface area contributed by atoms with Gasteiger partial charge >= 0.3 is 6.18 Å². The smallest absolute Gasteiger partial charge is 0.316 e. The molecule has 2 aromatic heterocycles. The van der Waals surface area contributed by atoms with Crippen LogP contribution < -0.4 is 4.90 Å². The normalized spacial score (nSPS) is 22.8. The number of pyridine rings is 1. The number of aliphatic imine (C=N–C) groups is 1. The van der Waals surface area contributed by atoms with E-state index >= 15 is 4.39 Å². The SMILES string of the molecule is CCN1CCC2(CC1)CN(Cc1ccc(N3C=C(F)C(c4cc(F)c5nc6n(c5c4)[C@H](C(F)(F)F)CC6)=NC3)nc1)C2. The van der Waals surface area contributed by atoms with Gasteiger partial charge in [0, 0.05) is 44.0 Å². The summed E-state index contributed by atoms with van der Waals surface area (Å²) < 4.78 is 72.2. The monoisotopic (exact) mass is 585 g/mol. The van der Waals surface area contributed by atoms with E-state index in [0.29, 0.717) is 11.2 Å². The molecule has 0 unspecified atom stereocenters. The van der Waals surface area contributed by atoms with E-state index in [1.807, 2.05) is 12.1 Å². The summed E-state index contributed by atoms with van der Waals surface area (Å²) in [7, 11) is 0. The second-order valence-electron chi connectivity index (χ2n) is 12.0. The number of hydrogen-bond donors (Lipinski definition) is 0. The predicted molar refractivity (Wildman–Crippen MR) is 149 cm³/mol. The van der Waals surface area contributed by atoms with Crippen LogP contribution in [0.3, 0.4) is 0 Å². The van der Waals surface area contributed by atoms with Crippen molar-refractivity contribution in [3.8, 4) is 0 Å². The lowest BCUT2D eigenvalue weighted by Crippen LogP contribution is -2.59. The molecule has 0 saturated carbocycles. The van der Waals surface area contributed by atoms with Gasteiger partial charge in [-0.2, -0.15) is 13.2 Å². The number of imidazole rings is 1. The number of fused-ring (bicyclic) bond motifs is 3. The average Bonchev–Trinajstić information content (AvgIpc) is 3.53. The predicted octanol–water partition coefficient (Wildman–Crippen LogP) is 5.62. The van der Waals surface area contributed by atoms with Gasteiger partial charge in [-0.15, -0.1) is 0 Å². The van der Waals surface area contributed by atoms with E-state index in [9.17, 15) is 17.6 Å². The summed E-state index contributed by atoms with van der Waals surface area (Å²) in [5, 5.41) is 0. The first kappa shape index (κ1) is 27.5. The standard InChI is InChI=1S/C30H32F5N7/c1-2-39-9-7-29(8-10-39)16-40(17-29)14-19-3-5-25(36-13-19)41-15-22(32)27(37-18-41)20-11-21(31)28-23(12-20)42-24(30(33,34)35)4-6-26(42)38-28/h3,5,11-13,15,24H,2,4,6-10,14,16-18H2,1H3/t24-/m0/s1. The third-order valence-electron chi connectivity index (χ3n) is 9.29. The van der Waals surface area contributed by atoms with Crippen LogP contribution in [0.2, 0.25) is 0 Å². The van der Waals surface area contributed by atoms with Gasteiger partial charge in [-0.25, -0.2) is 18.7 Å². The van der Waals surface area contributed by atoms with E-state index in [-0.39, 0.29) is 47.6 Å². The van der Waals surface area contributed by atoms with Crippen LogP contribution in [0, 0.1) is 11.2 Å². The number of rotatable bonds is 5. The van der Waals surface area contributed by atoms with E-state index < -0.39 is 23.9 Å². The van der Waals surface area contributed by atoms with Crippen molar-refractivity contribution in [3.05, 3.63) is 65.3 Å². The van der Waals surface area contributed by atoms with Crippen LogP contribution in [0.1, 0.15) is 49.2 Å². The van der Waals surface area contributed by atoms with Gasteiger partial charge in [0.15, 0.2) is 11.6 Å². The van der Waals surface area contributed by atoms with Gasteiger partial charge in [0.25, 0.3) is 0 Å². The minimum absolute atomic E-state index is 0.00504. The van der Waals surface area contributed by atoms with Gasteiger partial charge in [-0.1, -0.05) is 13.0 Å². The van der Waals surface area contributed by atoms with Crippen molar-refractivity contribution in [1.82, 2.24) is 24.3 Å². The van der Waals surface area contributed by atoms with Crippen LogP contribution in [-0.4, -0.2) is 75.6 Å². The van der Waals surface area contributed by atoms with E-state index in [4.69, 9.17) is 0 Å². The molecule has 3 aromatic rings. The van der Waals surface area contributed by atoms with Gasteiger partial charge in [-0.3, -0.25) is 9.89 Å². The summed E-state index contributed by atoms with van der Waals surface area (Å²) in [4.78, 5) is 19.4. The highest BCUT2D eigenvalue weighted by molar-refractivity contribution is 6.13. The Morgan fingerprint density at radius 2 is 1.83 bits per heavy atom. The Morgan fingerprint density at radius 1 is 1.05 bits per heavy atom. The summed E-state index contributed by atoms with van der Waals surface area (Å²) in [6.07, 6.45) is 0.998. The van der Waals surface area contributed by atoms with Crippen molar-refractivity contribution >= 4 is 22.6 Å². The maximum Gasteiger partial charge on any atom is 0.409 e. The Hall–Kier alpha value is -3.38. The minimum atomic E-state index is -4.49. The number of alkyl halides is 3. The summed E-state index contributed by atoms with van der Waals surface area (Å²) in [5.41, 5.74) is 1.34. The zero-order valence-electron chi connectivity index (χ0n) is 23.3. The van der Waals surface area contributed by atoms with E-state index in [0.717, 1.165) is 42.4 Å². The van der Waals surface area contributed by atoms with Crippen molar-refractivity contribution < 1.29 is 22.0 Å². The maximum atomic E-state index is 15.3. The molecule has 222 valence electrons. The molecule has 6 heterocycles. The van der Waals surface area contributed by atoms with Crippen molar-refractivity contribution in [1.29, 1.82) is 0 Å². The Bertz CT molecular complexity index is 1560. The number of likely N-dealkylation sites (tertiary alicyclic amines) is 2. The van der Waals surface area contributed by atoms with Gasteiger partial charge in [0.2, 0.25) is 0 Å². The highest BCUT2D eigenvalue weighted by Gasteiger charge is 2.46. The van der Waals surface area contributed by atoms with E-state index in [1.54, 1.807) is 11.1 Å². The van der Waals surface area contributed by atoms with Crippen molar-refractivity contribution in [3.63, 3.8) is 0 Å². The molecule has 0 bridgehead atoms. The van der Waals surface area contributed by atoms with Crippen LogP contribution >= 0.6 is 0 Å². The number of piperidine rings is 1. The zero-order valence-corrected chi connectivity index (χ0v) is 23.3. The molecule has 2 saturated heterocycles. The highest BCUT2D eigenvalue weighted by atomic mass is 19.4. The highest BCUT2D eigenvalue weighted by Crippen LogP contribution is 2.43. The van der Waals surface area contributed by atoms with Crippen molar-refractivity contribution in [2.24, 2.45) is 10.4 Å². The number of aromatic nitrogens is 3. The topological polar surface area (TPSA) is 52.8 Å². The molecule has 4 aliphatic heterocycles. The molecule has 42 heavy (non-hydrogen) atoms. The van der Waals surface area contributed by atoms with Crippen LogP contribution in [0.25, 0.3) is 11.0 Å². The molecule has 0 amide bonds. The first-order chi connectivity index (χ1) is 20.1. The number of allylic oxidation sites excluding steroid dienone is 1. The Kier molecular flexibility index (Phi) is 6.61. The van der Waals surface area contributed by atoms with Crippen molar-refractivity contribution in [2.75, 3.05) is 44.3 Å². The van der Waals surface area contributed by atoms with Gasteiger partial charge < -0.3 is 14.4 Å². The summed E-state index contributed by atoms with van der Waals surface area (Å²) in [6.45, 7) is 8.76. The second-order valence-corrected chi connectivity index (χ2v) is 12.0. The molecule has 7 rings (SSSR count). The fraction of sp³-hybridized carbons (Fsp3) is 0.500. The molecule has 2 fully saturated rings. The number of aryl methyl sites for hydroxylation is 1. The van der Waals surface area contributed by atoms with Crippen LogP contribution in [0.5, 0.6) is 0 Å². The number of benzene rings is 1. The zero-order chi connectivity index (χ0) is 29.2. The van der Waals surface area contributed by atoms with Crippen molar-refractivity contribution in [2.45, 2.75) is 51.4 Å². The molecular formula is C30H32F5N7. The number of hydrogen-bond acceptors (Lipinski definition) is 6. The lowest BCUT2D eigenvalue weighted by molar-refractivity contribution is -0.164. The van der Waals surface area contributed by atoms with E-state index in [1.165, 1.54) is 38.2 Å². The molecule has 12 heteroatoms. The number of anilines is 1. The Labute approximate surface area is 240 Å². The molecule has 1 spiro atoms. The fourth-order valence-electron chi connectivity index (χ4n) is 7.01. The minimum Gasteiger partial charge on any atom is -0.316 e. The molecule has 4 aliphatic rings. The Morgan fingerprint density at radius 3 is 2.50 bits per heavy atom. The average molecular weight is 586 g/mol. The molecule has 1 atom stereocenters. The molecule has 1 aromatic carbocycles. The summed E-state index contributed by atoms with van der Waals surface area (Å²) >= 11 is 0. The molecule has 0 aliphatic carbocycles. The lowest BCUT2D eigenvalue weighted by Gasteiger charge is -2.54. The first-order valence-corrected chi connectivity index (χ1v) is 14.5. The first-order valence-electron chi connectivity index (χ1n) is 14.5. The third kappa shape index (κ3) is 4.78. The van der Waals surface area contributed by atoms with Gasteiger partial charge in [0.05, 0.1) is 5.52 Å². The molecular weight excluding hydrogens is 553 g/mol. The van der Waals surface area contributed by atoms with Gasteiger partial charge in [0.1, 0.15) is 35.6 Å². The number of halogens is 5. The number of nitrogens with zero attached hydrogens (tertiary/aromatic N) is 7. The third-order valence-corrected chi connectivity index (χ3v) is 9.29. The summed E-state index contributed by atoms with van der Waals surface area (Å²) in [6, 6.07) is 4.45. The van der Waals surface area contributed by atoms with Crippen LogP contribution in [0.15, 0.2) is 47.5 Å². The van der Waals surface area contributed by atoms with Crippen LogP contribution in [-0.2, 0) is 13.0 Å². The molecule has 7 nitrogen and oxygen atoms in total. The fourth-order valence-corrected chi connectivity index (χ4v) is 7.01. The quantitative estimate of drug-likeness (QED) is 0.364. The largest absolute Gasteiger partial charge is 0.409 e. The molecule has 0 N–H and O–H groups in total. The van der Waals surface area contributed by atoms with Crippen LogP contribution in [0.4, 0.5) is 27.8 Å². The second kappa shape index (κ2) is 10.1. The maximum absolute atomic E-state index is 15.3. The summed E-state index contributed by atoms with van der Waals surface area (Å²) in [5.74, 6) is -0.831.